The fourth-order valence-corrected chi connectivity index (χ4v) is 3.83. The Hall–Kier alpha value is -1.85. The number of aryl methyl sites for hydroxylation is 1. The molecule has 0 atom stereocenters. The summed E-state index contributed by atoms with van der Waals surface area (Å²) in [7, 11) is 2.00. The zero-order chi connectivity index (χ0) is 18.5. The molecule has 1 fully saturated rings. The first-order valence-corrected chi connectivity index (χ1v) is 9.63. The number of nitrogens with zero attached hydrogens (tertiary/aromatic N) is 3. The van der Waals surface area contributed by atoms with E-state index < -0.39 is 0 Å². The lowest BCUT2D eigenvalue weighted by Gasteiger charge is -2.32. The number of para-hydroxylation sites is 1. The van der Waals surface area contributed by atoms with Gasteiger partial charge in [-0.1, -0.05) is 18.2 Å². The molecule has 0 saturated carbocycles. The van der Waals surface area contributed by atoms with Crippen molar-refractivity contribution in [3.05, 3.63) is 47.3 Å². The van der Waals surface area contributed by atoms with Gasteiger partial charge < -0.3 is 10.2 Å². The van der Waals surface area contributed by atoms with Crippen molar-refractivity contribution < 1.29 is 4.79 Å². The Morgan fingerprint density at radius 1 is 1.19 bits per heavy atom. The Morgan fingerprint density at radius 3 is 2.48 bits per heavy atom. The monoisotopic (exact) mass is 390 g/mol. The molecule has 1 aliphatic rings. The first-order chi connectivity index (χ1) is 12.6. The third kappa shape index (κ3) is 5.11. The third-order valence-corrected chi connectivity index (χ3v) is 5.54. The van der Waals surface area contributed by atoms with E-state index in [9.17, 15) is 4.79 Å². The van der Waals surface area contributed by atoms with E-state index in [0.29, 0.717) is 6.42 Å². The van der Waals surface area contributed by atoms with E-state index in [4.69, 9.17) is 0 Å². The molecule has 0 unspecified atom stereocenters. The van der Waals surface area contributed by atoms with Crippen molar-refractivity contribution in [3.63, 3.8) is 0 Å². The maximum Gasteiger partial charge on any atom is 0.227 e. The van der Waals surface area contributed by atoms with Crippen molar-refractivity contribution in [3.8, 4) is 5.69 Å². The molecule has 6 heteroatoms. The number of carbonyl (C=O) groups is 1. The van der Waals surface area contributed by atoms with Gasteiger partial charge in [0.05, 0.1) is 17.8 Å². The zero-order valence-corrected chi connectivity index (χ0v) is 17.4. The summed E-state index contributed by atoms with van der Waals surface area (Å²) in [5.41, 5.74) is 4.11. The molecule has 2 heterocycles. The topological polar surface area (TPSA) is 50.2 Å². The molecular weight excluding hydrogens is 360 g/mol. The lowest BCUT2D eigenvalue weighted by atomic mass is 9.93. The van der Waals surface area contributed by atoms with Crippen molar-refractivity contribution in [2.75, 3.05) is 26.7 Å². The highest BCUT2D eigenvalue weighted by Gasteiger charge is 2.24. The molecule has 3 rings (SSSR count). The molecule has 1 aromatic carbocycles. The third-order valence-electron chi connectivity index (χ3n) is 5.54. The molecule has 1 amide bonds. The predicted octanol–water partition coefficient (Wildman–Crippen LogP) is 3.30. The lowest BCUT2D eigenvalue weighted by molar-refractivity contribution is -0.131. The summed E-state index contributed by atoms with van der Waals surface area (Å²) in [6, 6.07) is 10.1. The van der Waals surface area contributed by atoms with Crippen LogP contribution >= 0.6 is 12.4 Å². The average molecular weight is 391 g/mol. The number of rotatable bonds is 6. The Labute approximate surface area is 168 Å². The largest absolute Gasteiger partial charge is 0.342 e. The van der Waals surface area contributed by atoms with E-state index in [-0.39, 0.29) is 18.3 Å². The van der Waals surface area contributed by atoms with E-state index in [0.717, 1.165) is 61.0 Å². The molecule has 0 spiro atoms. The van der Waals surface area contributed by atoms with Crippen LogP contribution in [0.3, 0.4) is 0 Å². The van der Waals surface area contributed by atoms with E-state index in [1.807, 2.05) is 53.9 Å². The molecule has 27 heavy (non-hydrogen) atoms. The summed E-state index contributed by atoms with van der Waals surface area (Å²) < 4.78 is 1.95. The lowest BCUT2D eigenvalue weighted by Crippen LogP contribution is -2.39. The van der Waals surface area contributed by atoms with Crippen molar-refractivity contribution in [1.29, 1.82) is 0 Å². The van der Waals surface area contributed by atoms with E-state index >= 15 is 0 Å². The average Bonchev–Trinajstić information content (AvgIpc) is 2.95. The van der Waals surface area contributed by atoms with Crippen LogP contribution in [0.1, 0.15) is 36.2 Å². The van der Waals surface area contributed by atoms with Gasteiger partial charge in [-0.3, -0.25) is 4.79 Å². The SMILES string of the molecule is CNCCC1CCN(C(=O)Cc2c(C)nn(-c3ccccc3)c2C)CC1.Cl. The summed E-state index contributed by atoms with van der Waals surface area (Å²) in [6.45, 7) is 6.89. The summed E-state index contributed by atoms with van der Waals surface area (Å²) in [4.78, 5) is 14.9. The molecule has 0 bridgehead atoms. The van der Waals surface area contributed by atoms with Crippen LogP contribution in [0.2, 0.25) is 0 Å². The number of piperidine rings is 1. The number of halogens is 1. The van der Waals surface area contributed by atoms with Crippen LogP contribution in [0.4, 0.5) is 0 Å². The van der Waals surface area contributed by atoms with Crippen LogP contribution in [0.25, 0.3) is 5.69 Å². The molecular formula is C21H31ClN4O. The van der Waals surface area contributed by atoms with Gasteiger partial charge in [-0.15, -0.1) is 12.4 Å². The maximum atomic E-state index is 12.8. The number of amides is 1. The van der Waals surface area contributed by atoms with Gasteiger partial charge in [-0.25, -0.2) is 4.68 Å². The summed E-state index contributed by atoms with van der Waals surface area (Å²) in [5.74, 6) is 0.978. The fourth-order valence-electron chi connectivity index (χ4n) is 3.83. The molecule has 1 saturated heterocycles. The minimum absolute atomic E-state index is 0. The van der Waals surface area contributed by atoms with Gasteiger partial charge in [0.25, 0.3) is 0 Å². The highest BCUT2D eigenvalue weighted by molar-refractivity contribution is 5.85. The molecule has 5 nitrogen and oxygen atoms in total. The molecule has 0 aliphatic carbocycles. The van der Waals surface area contributed by atoms with Gasteiger partial charge in [-0.2, -0.15) is 5.10 Å². The number of hydrogen-bond acceptors (Lipinski definition) is 3. The molecule has 1 aromatic heterocycles. The summed E-state index contributed by atoms with van der Waals surface area (Å²) in [6.07, 6.45) is 3.90. The van der Waals surface area contributed by atoms with Crippen molar-refractivity contribution >= 4 is 18.3 Å². The van der Waals surface area contributed by atoms with E-state index in [1.165, 1.54) is 6.42 Å². The van der Waals surface area contributed by atoms with Crippen LogP contribution in [0.15, 0.2) is 30.3 Å². The Morgan fingerprint density at radius 2 is 1.85 bits per heavy atom. The van der Waals surface area contributed by atoms with Crippen molar-refractivity contribution in [1.82, 2.24) is 20.0 Å². The number of benzene rings is 1. The molecule has 0 radical (unpaired) electrons. The van der Waals surface area contributed by atoms with Crippen LogP contribution in [0, 0.1) is 19.8 Å². The van der Waals surface area contributed by atoms with Crippen LogP contribution in [0.5, 0.6) is 0 Å². The van der Waals surface area contributed by atoms with Crippen LogP contribution < -0.4 is 5.32 Å². The van der Waals surface area contributed by atoms with Gasteiger partial charge >= 0.3 is 0 Å². The van der Waals surface area contributed by atoms with Crippen LogP contribution in [-0.4, -0.2) is 47.3 Å². The second-order valence-corrected chi connectivity index (χ2v) is 7.29. The number of carbonyl (C=O) groups excluding carboxylic acids is 1. The molecule has 1 N–H and O–H groups in total. The minimum Gasteiger partial charge on any atom is -0.342 e. The zero-order valence-electron chi connectivity index (χ0n) is 16.6. The second-order valence-electron chi connectivity index (χ2n) is 7.29. The quantitative estimate of drug-likeness (QED) is 0.823. The van der Waals surface area contributed by atoms with Gasteiger partial charge in [-0.05, 0) is 64.8 Å². The fraction of sp³-hybridized carbons (Fsp3) is 0.524. The number of likely N-dealkylation sites (tertiary alicyclic amines) is 1. The Kier molecular flexibility index (Phi) is 7.87. The molecule has 1 aliphatic heterocycles. The minimum atomic E-state index is 0. The summed E-state index contributed by atoms with van der Waals surface area (Å²) in [5, 5.41) is 7.88. The van der Waals surface area contributed by atoms with Crippen molar-refractivity contribution in [2.45, 2.75) is 39.5 Å². The van der Waals surface area contributed by atoms with Crippen LogP contribution in [-0.2, 0) is 11.2 Å². The highest BCUT2D eigenvalue weighted by atomic mass is 35.5. The van der Waals surface area contributed by atoms with Gasteiger partial charge in [0.1, 0.15) is 0 Å². The first kappa shape index (κ1) is 21.5. The van der Waals surface area contributed by atoms with Gasteiger partial charge in [0, 0.05) is 24.3 Å². The van der Waals surface area contributed by atoms with E-state index in [2.05, 4.69) is 17.3 Å². The summed E-state index contributed by atoms with van der Waals surface area (Å²) >= 11 is 0. The smallest absolute Gasteiger partial charge is 0.227 e. The van der Waals surface area contributed by atoms with Gasteiger partial charge in [0.2, 0.25) is 5.91 Å². The Balaban J connectivity index is 0.00000261. The normalized spacial score (nSPS) is 14.9. The van der Waals surface area contributed by atoms with Crippen molar-refractivity contribution in [2.24, 2.45) is 5.92 Å². The predicted molar refractivity (Wildman–Crippen MR) is 112 cm³/mol. The molecule has 2 aromatic rings. The van der Waals surface area contributed by atoms with E-state index in [1.54, 1.807) is 0 Å². The van der Waals surface area contributed by atoms with Gasteiger partial charge in [0.15, 0.2) is 0 Å². The number of hydrogen-bond donors (Lipinski definition) is 1. The maximum absolute atomic E-state index is 12.8. The second kappa shape index (κ2) is 9.90. The first-order valence-electron chi connectivity index (χ1n) is 9.63. The highest BCUT2D eigenvalue weighted by Crippen LogP contribution is 2.23. The Bertz CT molecular complexity index is 736. The number of nitrogens with one attached hydrogen (secondary N) is 1. The number of aromatic nitrogens is 2. The standard InChI is InChI=1S/C21H30N4O.ClH/c1-16-20(17(2)25(23-16)19-7-5-4-6-8-19)15-21(26)24-13-10-18(11-14-24)9-12-22-3;/h4-8,18,22H,9-15H2,1-3H3;1H. The molecule has 148 valence electrons.